The van der Waals surface area contributed by atoms with E-state index in [-0.39, 0.29) is 16.5 Å². The van der Waals surface area contributed by atoms with E-state index >= 15 is 0 Å². The fourth-order valence-corrected chi connectivity index (χ4v) is 3.94. The number of nitrogens with one attached hydrogen (secondary N) is 1. The highest BCUT2D eigenvalue weighted by Crippen LogP contribution is 2.37. The van der Waals surface area contributed by atoms with Crippen LogP contribution in [-0.4, -0.2) is 20.3 Å². The summed E-state index contributed by atoms with van der Waals surface area (Å²) in [5.74, 6) is 1.03. The van der Waals surface area contributed by atoms with Crippen molar-refractivity contribution in [3.8, 4) is 0 Å². The van der Waals surface area contributed by atoms with Crippen molar-refractivity contribution in [2.24, 2.45) is 0 Å². The molecule has 1 aromatic carbocycles. The first kappa shape index (κ1) is 18.8. The molecule has 0 saturated carbocycles. The van der Waals surface area contributed by atoms with Gasteiger partial charge in [-0.05, 0) is 24.6 Å². The molecule has 0 aliphatic carbocycles. The molecule has 0 spiro atoms. The Morgan fingerprint density at radius 3 is 2.62 bits per heavy atom. The summed E-state index contributed by atoms with van der Waals surface area (Å²) in [5, 5.41) is 16.3. The minimum absolute atomic E-state index is 0.0171. The molecule has 3 aromatic rings. The van der Waals surface area contributed by atoms with Crippen molar-refractivity contribution in [2.75, 3.05) is 5.32 Å². The second-order valence-corrected chi connectivity index (χ2v) is 9.38. The molecular formula is C17H20FN5OS2. The molecule has 0 bridgehead atoms. The van der Waals surface area contributed by atoms with Crippen LogP contribution in [0.2, 0.25) is 0 Å². The zero-order valence-electron chi connectivity index (χ0n) is 15.0. The van der Waals surface area contributed by atoms with E-state index in [1.165, 1.54) is 35.2 Å². The van der Waals surface area contributed by atoms with Gasteiger partial charge in [-0.15, -0.1) is 10.2 Å². The van der Waals surface area contributed by atoms with Gasteiger partial charge >= 0.3 is 0 Å². The van der Waals surface area contributed by atoms with E-state index in [2.05, 4.69) is 25.7 Å². The van der Waals surface area contributed by atoms with Crippen LogP contribution in [0.1, 0.15) is 50.2 Å². The lowest BCUT2D eigenvalue weighted by Gasteiger charge is -2.11. The lowest BCUT2D eigenvalue weighted by molar-refractivity contribution is 0.364. The van der Waals surface area contributed by atoms with Gasteiger partial charge in [0.1, 0.15) is 5.82 Å². The monoisotopic (exact) mass is 393 g/mol. The van der Waals surface area contributed by atoms with Crippen LogP contribution in [0.5, 0.6) is 0 Å². The number of anilines is 1. The number of thioether (sulfide) groups is 1. The van der Waals surface area contributed by atoms with Crippen LogP contribution in [0.25, 0.3) is 0 Å². The molecule has 1 N–H and O–H groups in total. The molecule has 2 heterocycles. The minimum Gasteiger partial charge on any atom is -0.356 e. The Bertz CT molecular complexity index is 857. The van der Waals surface area contributed by atoms with Crippen molar-refractivity contribution in [3.05, 3.63) is 47.4 Å². The number of hydrogen-bond donors (Lipinski definition) is 1. The number of aromatic nitrogens is 4. The number of nitrogens with zero attached hydrogens (tertiary/aromatic N) is 4. The van der Waals surface area contributed by atoms with Crippen molar-refractivity contribution in [3.63, 3.8) is 0 Å². The molecule has 0 aliphatic heterocycles. The van der Waals surface area contributed by atoms with Crippen LogP contribution in [0, 0.1) is 5.82 Å². The summed E-state index contributed by atoms with van der Waals surface area (Å²) in [4.78, 5) is 4.48. The molecular weight excluding hydrogens is 373 g/mol. The lowest BCUT2D eigenvalue weighted by atomic mass is 9.96. The average molecular weight is 394 g/mol. The molecule has 26 heavy (non-hydrogen) atoms. The molecule has 0 radical (unpaired) electrons. The van der Waals surface area contributed by atoms with E-state index in [1.807, 2.05) is 27.7 Å². The summed E-state index contributed by atoms with van der Waals surface area (Å²) in [7, 11) is 0. The van der Waals surface area contributed by atoms with Crippen LogP contribution in [0.4, 0.5) is 9.52 Å². The van der Waals surface area contributed by atoms with Crippen molar-refractivity contribution in [1.82, 2.24) is 20.3 Å². The second-order valence-electron chi connectivity index (χ2n) is 6.82. The summed E-state index contributed by atoms with van der Waals surface area (Å²) in [6.07, 6.45) is 0. The molecule has 1 atom stereocenters. The Morgan fingerprint density at radius 2 is 1.96 bits per heavy atom. The van der Waals surface area contributed by atoms with Crippen LogP contribution >= 0.6 is 23.1 Å². The Balaban J connectivity index is 1.57. The molecule has 138 valence electrons. The van der Waals surface area contributed by atoms with E-state index < -0.39 is 0 Å². The Hall–Kier alpha value is -2.00. The quantitative estimate of drug-likeness (QED) is 0.601. The fourth-order valence-electron chi connectivity index (χ4n) is 2.02. The van der Waals surface area contributed by atoms with Gasteiger partial charge in [0.15, 0.2) is 10.2 Å². The maximum Gasteiger partial charge on any atom is 0.239 e. The average Bonchev–Trinajstić information content (AvgIpc) is 3.23. The number of hydrogen-bond acceptors (Lipinski definition) is 8. The van der Waals surface area contributed by atoms with Crippen molar-refractivity contribution in [1.29, 1.82) is 0 Å². The van der Waals surface area contributed by atoms with Crippen LogP contribution in [0.15, 0.2) is 33.1 Å². The molecule has 2 aromatic heterocycles. The Morgan fingerprint density at radius 1 is 1.23 bits per heavy atom. The molecule has 0 amide bonds. The van der Waals surface area contributed by atoms with Gasteiger partial charge in [-0.3, -0.25) is 0 Å². The number of halogens is 1. The van der Waals surface area contributed by atoms with Crippen LogP contribution in [0.3, 0.4) is 0 Å². The molecule has 0 fully saturated rings. The first-order valence-electron chi connectivity index (χ1n) is 8.14. The van der Waals surface area contributed by atoms with Gasteiger partial charge in [-0.2, -0.15) is 4.98 Å². The molecule has 9 heteroatoms. The highest BCUT2D eigenvalue weighted by atomic mass is 32.2. The predicted octanol–water partition coefficient (Wildman–Crippen LogP) is 4.82. The third-order valence-corrected chi connectivity index (χ3v) is 5.55. The molecule has 0 unspecified atom stereocenters. The van der Waals surface area contributed by atoms with Crippen molar-refractivity contribution < 1.29 is 8.91 Å². The summed E-state index contributed by atoms with van der Waals surface area (Å²) >= 11 is 2.98. The van der Waals surface area contributed by atoms with Gasteiger partial charge in [0.05, 0.1) is 5.25 Å². The maximum absolute atomic E-state index is 12.9. The Kier molecular flexibility index (Phi) is 5.57. The summed E-state index contributed by atoms with van der Waals surface area (Å²) in [6, 6.07) is 6.36. The number of benzene rings is 1. The standard InChI is InChI=1S/C17H20FN5OS2/c1-10(13-20-14(23-24-13)17(2,3)4)25-16-22-21-15(26-16)19-9-11-5-7-12(18)8-6-11/h5-8,10H,9H2,1-4H3,(H,19,21)/t10-/m0/s1. The van der Waals surface area contributed by atoms with E-state index in [0.717, 1.165) is 9.90 Å². The maximum atomic E-state index is 12.9. The second kappa shape index (κ2) is 7.71. The summed E-state index contributed by atoms with van der Waals surface area (Å²) in [5.41, 5.74) is 0.830. The highest BCUT2D eigenvalue weighted by molar-refractivity contribution is 8.01. The van der Waals surface area contributed by atoms with Gasteiger partial charge in [-0.1, -0.05) is 61.2 Å². The van der Waals surface area contributed by atoms with E-state index in [9.17, 15) is 4.39 Å². The molecule has 3 rings (SSSR count). The lowest BCUT2D eigenvalue weighted by Crippen LogP contribution is -2.13. The Labute approximate surface area is 159 Å². The SMILES string of the molecule is C[C@H](Sc1nnc(NCc2ccc(F)cc2)s1)c1nc(C(C)(C)C)no1. The van der Waals surface area contributed by atoms with Gasteiger partial charge in [0, 0.05) is 12.0 Å². The molecule has 0 aliphatic rings. The third kappa shape index (κ3) is 4.79. The van der Waals surface area contributed by atoms with E-state index in [0.29, 0.717) is 23.4 Å². The zero-order valence-corrected chi connectivity index (χ0v) is 16.6. The topological polar surface area (TPSA) is 76.7 Å². The normalized spacial score (nSPS) is 13.0. The summed E-state index contributed by atoms with van der Waals surface area (Å²) in [6.45, 7) is 8.70. The highest BCUT2D eigenvalue weighted by Gasteiger charge is 2.24. The van der Waals surface area contributed by atoms with Crippen molar-refractivity contribution in [2.45, 2.75) is 49.2 Å². The van der Waals surface area contributed by atoms with Crippen molar-refractivity contribution >= 4 is 28.2 Å². The van der Waals surface area contributed by atoms with Crippen LogP contribution in [-0.2, 0) is 12.0 Å². The minimum atomic E-state index is -0.243. The third-order valence-electron chi connectivity index (χ3n) is 3.50. The zero-order chi connectivity index (χ0) is 18.7. The first-order chi connectivity index (χ1) is 12.3. The fraction of sp³-hybridized carbons (Fsp3) is 0.412. The first-order valence-corrected chi connectivity index (χ1v) is 9.83. The van der Waals surface area contributed by atoms with Gasteiger partial charge in [0.25, 0.3) is 0 Å². The van der Waals surface area contributed by atoms with Crippen LogP contribution < -0.4 is 5.32 Å². The molecule has 6 nitrogen and oxygen atoms in total. The van der Waals surface area contributed by atoms with E-state index in [1.54, 1.807) is 12.1 Å². The predicted molar refractivity (Wildman–Crippen MR) is 101 cm³/mol. The van der Waals surface area contributed by atoms with E-state index in [4.69, 9.17) is 4.52 Å². The smallest absolute Gasteiger partial charge is 0.239 e. The summed E-state index contributed by atoms with van der Waals surface area (Å²) < 4.78 is 19.1. The largest absolute Gasteiger partial charge is 0.356 e. The van der Waals surface area contributed by atoms with Gasteiger partial charge in [-0.25, -0.2) is 4.39 Å². The number of rotatable bonds is 6. The molecule has 0 saturated heterocycles. The van der Waals surface area contributed by atoms with Gasteiger partial charge < -0.3 is 9.84 Å². The van der Waals surface area contributed by atoms with Gasteiger partial charge in [0.2, 0.25) is 11.0 Å².